The van der Waals surface area contributed by atoms with Crippen molar-refractivity contribution in [3.05, 3.63) is 52.5 Å². The summed E-state index contributed by atoms with van der Waals surface area (Å²) in [5.74, 6) is -0.0910. The minimum absolute atomic E-state index is 0.0910. The van der Waals surface area contributed by atoms with Gasteiger partial charge >= 0.3 is 0 Å². The summed E-state index contributed by atoms with van der Waals surface area (Å²) in [5.41, 5.74) is 2.57. The van der Waals surface area contributed by atoms with Crippen LogP contribution in [0.15, 0.2) is 41.3 Å². The average molecular weight is 466 g/mol. The molecule has 0 bridgehead atoms. The third-order valence-corrected chi connectivity index (χ3v) is 7.02. The second-order valence-corrected chi connectivity index (χ2v) is 11.0. The van der Waals surface area contributed by atoms with Crippen molar-refractivity contribution in [1.29, 1.82) is 0 Å². The van der Waals surface area contributed by atoms with E-state index in [0.717, 1.165) is 27.6 Å². The minimum Gasteiger partial charge on any atom is -0.308 e. The SMILES string of the molecule is Cc1cc(Cl)cc2sc(N(CCN(C)C)C(=O)Cc3ccc(S(C)(=O)=O)cc3)nc12. The number of hydrogen-bond donors (Lipinski definition) is 0. The maximum absolute atomic E-state index is 13.2. The molecule has 0 N–H and O–H groups in total. The number of carbonyl (C=O) groups is 1. The first-order chi connectivity index (χ1) is 14.0. The third-order valence-electron chi connectivity index (χ3n) is 4.65. The van der Waals surface area contributed by atoms with Gasteiger partial charge < -0.3 is 4.90 Å². The standard InChI is InChI=1S/C21H24ClN3O3S2/c1-14-11-16(22)13-18-20(14)23-21(29-18)25(10-9-24(2)3)19(26)12-15-5-7-17(8-6-15)30(4,27)28/h5-8,11,13H,9-10,12H2,1-4H3. The molecule has 6 nitrogen and oxygen atoms in total. The van der Waals surface area contributed by atoms with Gasteiger partial charge in [0.05, 0.1) is 21.5 Å². The lowest BCUT2D eigenvalue weighted by molar-refractivity contribution is -0.118. The van der Waals surface area contributed by atoms with Crippen LogP contribution < -0.4 is 4.90 Å². The maximum atomic E-state index is 13.2. The van der Waals surface area contributed by atoms with Gasteiger partial charge in [-0.1, -0.05) is 35.1 Å². The highest BCUT2D eigenvalue weighted by Crippen LogP contribution is 2.33. The zero-order valence-electron chi connectivity index (χ0n) is 17.3. The van der Waals surface area contributed by atoms with Crippen molar-refractivity contribution in [2.75, 3.05) is 38.3 Å². The number of anilines is 1. The predicted octanol–water partition coefficient (Wildman–Crippen LogP) is 3.80. The predicted molar refractivity (Wildman–Crippen MR) is 124 cm³/mol. The molecule has 0 atom stereocenters. The van der Waals surface area contributed by atoms with Crippen LogP contribution in [0.2, 0.25) is 5.02 Å². The molecule has 2 aromatic carbocycles. The number of halogens is 1. The lowest BCUT2D eigenvalue weighted by Gasteiger charge is -2.22. The van der Waals surface area contributed by atoms with E-state index in [4.69, 9.17) is 16.6 Å². The summed E-state index contributed by atoms with van der Waals surface area (Å²) < 4.78 is 24.2. The third kappa shape index (κ3) is 5.37. The summed E-state index contributed by atoms with van der Waals surface area (Å²) in [4.78, 5) is 21.8. The fourth-order valence-corrected chi connectivity index (χ4v) is 5.10. The number of fused-ring (bicyclic) bond motifs is 1. The van der Waals surface area contributed by atoms with Crippen molar-refractivity contribution in [3.63, 3.8) is 0 Å². The molecule has 30 heavy (non-hydrogen) atoms. The van der Waals surface area contributed by atoms with E-state index < -0.39 is 9.84 Å². The smallest absolute Gasteiger partial charge is 0.233 e. The fraction of sp³-hybridized carbons (Fsp3) is 0.333. The molecular weight excluding hydrogens is 442 g/mol. The van der Waals surface area contributed by atoms with E-state index in [9.17, 15) is 13.2 Å². The summed E-state index contributed by atoms with van der Waals surface area (Å²) >= 11 is 7.62. The zero-order valence-corrected chi connectivity index (χ0v) is 19.7. The van der Waals surface area contributed by atoms with Gasteiger partial charge in [0.1, 0.15) is 0 Å². The Labute approximate surface area is 186 Å². The van der Waals surface area contributed by atoms with Crippen molar-refractivity contribution >= 4 is 54.0 Å². The highest BCUT2D eigenvalue weighted by Gasteiger charge is 2.21. The Morgan fingerprint density at radius 3 is 2.40 bits per heavy atom. The van der Waals surface area contributed by atoms with Crippen LogP contribution in [0.4, 0.5) is 5.13 Å². The molecule has 0 radical (unpaired) electrons. The van der Waals surface area contributed by atoms with Gasteiger partial charge in [0, 0.05) is 24.4 Å². The van der Waals surface area contributed by atoms with E-state index in [1.807, 2.05) is 38.1 Å². The average Bonchev–Trinajstić information content (AvgIpc) is 3.05. The first-order valence-corrected chi connectivity index (χ1v) is 12.4. The van der Waals surface area contributed by atoms with E-state index in [-0.39, 0.29) is 17.2 Å². The maximum Gasteiger partial charge on any atom is 0.233 e. The van der Waals surface area contributed by atoms with Crippen LogP contribution in [0.5, 0.6) is 0 Å². The number of amides is 1. The van der Waals surface area contributed by atoms with Gasteiger partial charge in [0.15, 0.2) is 15.0 Å². The van der Waals surface area contributed by atoms with Crippen LogP contribution in [0.3, 0.4) is 0 Å². The topological polar surface area (TPSA) is 70.6 Å². The number of hydrogen-bond acceptors (Lipinski definition) is 6. The van der Waals surface area contributed by atoms with E-state index in [1.54, 1.807) is 17.0 Å². The first kappa shape index (κ1) is 22.7. The van der Waals surface area contributed by atoms with Gasteiger partial charge in [-0.05, 0) is 56.4 Å². The van der Waals surface area contributed by atoms with Gasteiger partial charge in [-0.25, -0.2) is 13.4 Å². The highest BCUT2D eigenvalue weighted by molar-refractivity contribution is 7.90. The van der Waals surface area contributed by atoms with Crippen molar-refractivity contribution in [2.24, 2.45) is 0 Å². The van der Waals surface area contributed by atoms with Crippen molar-refractivity contribution in [2.45, 2.75) is 18.2 Å². The summed E-state index contributed by atoms with van der Waals surface area (Å²) in [6.45, 7) is 3.14. The van der Waals surface area contributed by atoms with Crippen LogP contribution >= 0.6 is 22.9 Å². The lowest BCUT2D eigenvalue weighted by Crippen LogP contribution is -2.37. The molecule has 0 aliphatic rings. The number of likely N-dealkylation sites (N-methyl/N-ethyl adjacent to an activating group) is 1. The lowest BCUT2D eigenvalue weighted by atomic mass is 10.1. The number of carbonyl (C=O) groups excluding carboxylic acids is 1. The Morgan fingerprint density at radius 1 is 1.13 bits per heavy atom. The molecule has 0 aliphatic heterocycles. The molecule has 3 rings (SSSR count). The minimum atomic E-state index is -3.27. The first-order valence-electron chi connectivity index (χ1n) is 9.35. The Hall–Kier alpha value is -2.00. The molecule has 1 amide bonds. The van der Waals surface area contributed by atoms with Gasteiger partial charge in [-0.15, -0.1) is 0 Å². The summed E-state index contributed by atoms with van der Waals surface area (Å²) in [5, 5.41) is 1.28. The number of aromatic nitrogens is 1. The molecule has 3 aromatic rings. The van der Waals surface area contributed by atoms with E-state index in [2.05, 4.69) is 0 Å². The molecule has 0 unspecified atom stereocenters. The number of thiazole rings is 1. The number of aryl methyl sites for hydroxylation is 1. The van der Waals surface area contributed by atoms with Crippen molar-refractivity contribution < 1.29 is 13.2 Å². The molecule has 0 saturated heterocycles. The van der Waals surface area contributed by atoms with Gasteiger partial charge in [0.25, 0.3) is 0 Å². The van der Waals surface area contributed by atoms with E-state index in [1.165, 1.54) is 23.5 Å². The second kappa shape index (κ2) is 9.01. The van der Waals surface area contributed by atoms with Crippen LogP contribution in [0, 0.1) is 6.92 Å². The molecule has 0 aliphatic carbocycles. The Bertz CT molecular complexity index is 1170. The van der Waals surface area contributed by atoms with Crippen LogP contribution in [0.1, 0.15) is 11.1 Å². The Morgan fingerprint density at radius 2 is 1.80 bits per heavy atom. The normalized spacial score (nSPS) is 11.9. The summed E-state index contributed by atoms with van der Waals surface area (Å²) in [7, 11) is 0.638. The largest absolute Gasteiger partial charge is 0.308 e. The zero-order chi connectivity index (χ0) is 22.1. The van der Waals surface area contributed by atoms with Crippen LogP contribution in [-0.2, 0) is 21.1 Å². The molecule has 1 heterocycles. The number of benzene rings is 2. The quantitative estimate of drug-likeness (QED) is 0.530. The molecule has 160 valence electrons. The Balaban J connectivity index is 1.89. The number of rotatable bonds is 7. The number of sulfone groups is 1. The molecular formula is C21H24ClN3O3S2. The van der Waals surface area contributed by atoms with E-state index >= 15 is 0 Å². The van der Waals surface area contributed by atoms with Gasteiger partial charge in [-0.3, -0.25) is 9.69 Å². The second-order valence-electron chi connectivity index (χ2n) is 7.51. The van der Waals surface area contributed by atoms with Gasteiger partial charge in [-0.2, -0.15) is 0 Å². The Kier molecular flexibility index (Phi) is 6.81. The molecule has 0 fully saturated rings. The monoisotopic (exact) mass is 465 g/mol. The fourth-order valence-electron chi connectivity index (χ4n) is 3.01. The van der Waals surface area contributed by atoms with Crippen LogP contribution in [-0.4, -0.2) is 57.6 Å². The van der Waals surface area contributed by atoms with E-state index in [0.29, 0.717) is 23.2 Å². The molecule has 9 heteroatoms. The highest BCUT2D eigenvalue weighted by atomic mass is 35.5. The van der Waals surface area contributed by atoms with Crippen molar-refractivity contribution in [3.8, 4) is 0 Å². The molecule has 0 saturated carbocycles. The summed E-state index contributed by atoms with van der Waals surface area (Å²) in [6, 6.07) is 10.2. The molecule has 1 aromatic heterocycles. The summed E-state index contributed by atoms with van der Waals surface area (Å²) in [6.07, 6.45) is 1.32. The molecule has 0 spiro atoms. The van der Waals surface area contributed by atoms with Gasteiger partial charge in [0.2, 0.25) is 5.91 Å². The van der Waals surface area contributed by atoms with Crippen LogP contribution in [0.25, 0.3) is 10.2 Å². The number of nitrogens with zero attached hydrogens (tertiary/aromatic N) is 3. The van der Waals surface area contributed by atoms with Crippen molar-refractivity contribution in [1.82, 2.24) is 9.88 Å².